The Kier molecular flexibility index (Phi) is 5.58. The summed E-state index contributed by atoms with van der Waals surface area (Å²) in [6, 6.07) is 7.80. The highest BCUT2D eigenvalue weighted by Crippen LogP contribution is 2.34. The highest BCUT2D eigenvalue weighted by atomic mass is 79.9. The molecule has 0 spiro atoms. The maximum atomic E-state index is 6.19. The molecule has 0 aliphatic carbocycles. The van der Waals surface area contributed by atoms with Gasteiger partial charge >= 0.3 is 0 Å². The molecule has 0 aliphatic heterocycles. The van der Waals surface area contributed by atoms with Crippen LogP contribution in [0.1, 0.15) is 22.2 Å². The topological polar surface area (TPSA) is 9.23 Å². The molecule has 102 valence electrons. The molecule has 0 amide bonds. The molecule has 5 heteroatoms. The Morgan fingerprint density at radius 1 is 1.21 bits per heavy atom. The van der Waals surface area contributed by atoms with Crippen LogP contribution < -0.4 is 4.74 Å². The van der Waals surface area contributed by atoms with Crippen molar-refractivity contribution in [3.05, 3.63) is 49.6 Å². The van der Waals surface area contributed by atoms with Gasteiger partial charge in [0, 0.05) is 25.7 Å². The molecule has 0 fully saturated rings. The van der Waals surface area contributed by atoms with Gasteiger partial charge in [-0.2, -0.15) is 0 Å². The van der Waals surface area contributed by atoms with Gasteiger partial charge < -0.3 is 4.74 Å². The van der Waals surface area contributed by atoms with Crippen LogP contribution in [0.4, 0.5) is 0 Å². The molecule has 1 heterocycles. The summed E-state index contributed by atoms with van der Waals surface area (Å²) in [5.41, 5.74) is 0.963. The lowest BCUT2D eigenvalue weighted by atomic mass is 10.2. The summed E-state index contributed by atoms with van der Waals surface area (Å²) in [7, 11) is 0. The summed E-state index contributed by atoms with van der Waals surface area (Å²) >= 11 is 17.4. The van der Waals surface area contributed by atoms with E-state index in [1.54, 1.807) is 17.4 Å². The third kappa shape index (κ3) is 3.88. The zero-order valence-electron chi connectivity index (χ0n) is 10.4. The van der Waals surface area contributed by atoms with Crippen LogP contribution in [0, 0.1) is 0 Å². The van der Waals surface area contributed by atoms with Crippen LogP contribution in [0.15, 0.2) is 24.3 Å². The Hall–Kier alpha value is -0.220. The quantitative estimate of drug-likeness (QED) is 0.571. The Morgan fingerprint density at radius 3 is 2.58 bits per heavy atom. The lowest BCUT2D eigenvalue weighted by molar-refractivity contribution is 0.307. The van der Waals surface area contributed by atoms with Crippen molar-refractivity contribution in [1.82, 2.24) is 0 Å². The molecule has 19 heavy (non-hydrogen) atoms. The van der Waals surface area contributed by atoms with Crippen LogP contribution >= 0.6 is 50.5 Å². The summed E-state index contributed by atoms with van der Waals surface area (Å²) in [5.74, 6) is 0.703. The monoisotopic (exact) mass is 378 g/mol. The average Bonchev–Trinajstić information content (AvgIpc) is 2.84. The number of hydrogen-bond acceptors (Lipinski definition) is 2. The van der Waals surface area contributed by atoms with Crippen LogP contribution in [-0.4, -0.2) is 0 Å². The van der Waals surface area contributed by atoms with Crippen LogP contribution in [0.25, 0.3) is 0 Å². The zero-order chi connectivity index (χ0) is 13.8. The number of halogens is 3. The van der Waals surface area contributed by atoms with Crippen LogP contribution in [0.3, 0.4) is 0 Å². The normalized spacial score (nSPS) is 10.7. The smallest absolute Gasteiger partial charge is 0.142 e. The number of benzene rings is 1. The van der Waals surface area contributed by atoms with Gasteiger partial charge in [-0.05, 0) is 30.7 Å². The third-order valence-corrected chi connectivity index (χ3v) is 4.96. The first-order valence-corrected chi connectivity index (χ1v) is 8.57. The minimum absolute atomic E-state index is 0.534. The molecule has 0 aliphatic rings. The van der Waals surface area contributed by atoms with E-state index in [-0.39, 0.29) is 0 Å². The lowest BCUT2D eigenvalue weighted by Gasteiger charge is -2.11. The molecule has 1 aromatic heterocycles. The van der Waals surface area contributed by atoms with Crippen LogP contribution in [0.5, 0.6) is 5.75 Å². The van der Waals surface area contributed by atoms with E-state index in [0.29, 0.717) is 27.7 Å². The molecular formula is C14H13BrCl2OS. The van der Waals surface area contributed by atoms with E-state index in [1.807, 2.05) is 6.07 Å². The molecule has 0 saturated carbocycles. The minimum Gasteiger partial charge on any atom is -0.486 e. The standard InChI is InChI=1S/C14H13BrCl2OS/c1-2-11-3-4-12(19-11)8-18-14-9(7-15)5-10(16)6-13(14)17/h3-6H,2,7-8H2,1H3. The van der Waals surface area contributed by atoms with Crippen LogP contribution in [0.2, 0.25) is 10.0 Å². The van der Waals surface area contributed by atoms with E-state index in [9.17, 15) is 0 Å². The fourth-order valence-corrected chi connectivity index (χ4v) is 3.59. The van der Waals surface area contributed by atoms with E-state index in [0.717, 1.165) is 12.0 Å². The second-order valence-corrected chi connectivity index (χ2v) is 6.68. The van der Waals surface area contributed by atoms with E-state index in [4.69, 9.17) is 27.9 Å². The maximum absolute atomic E-state index is 6.19. The molecule has 1 nitrogen and oxygen atoms in total. The van der Waals surface area contributed by atoms with E-state index >= 15 is 0 Å². The molecule has 1 aromatic carbocycles. The van der Waals surface area contributed by atoms with Gasteiger partial charge in [0.25, 0.3) is 0 Å². The summed E-state index contributed by atoms with van der Waals surface area (Å²) in [5, 5.41) is 1.83. The Labute approximate surface area is 135 Å². The molecule has 0 N–H and O–H groups in total. The van der Waals surface area contributed by atoms with Gasteiger partial charge in [-0.25, -0.2) is 0 Å². The zero-order valence-corrected chi connectivity index (χ0v) is 14.3. The van der Waals surface area contributed by atoms with Crippen molar-refractivity contribution in [3.8, 4) is 5.75 Å². The second-order valence-electron chi connectivity index (χ2n) is 4.02. The number of aryl methyl sites for hydroxylation is 1. The van der Waals surface area contributed by atoms with Crippen molar-refractivity contribution in [2.45, 2.75) is 25.3 Å². The summed E-state index contributed by atoms with van der Waals surface area (Å²) in [4.78, 5) is 2.56. The number of rotatable bonds is 5. The molecule has 0 unspecified atom stereocenters. The predicted octanol–water partition coefficient (Wildman–Crippen LogP) is 6.09. The van der Waals surface area contributed by atoms with E-state index < -0.39 is 0 Å². The highest BCUT2D eigenvalue weighted by Gasteiger charge is 2.10. The fraction of sp³-hybridized carbons (Fsp3) is 0.286. The average molecular weight is 380 g/mol. The van der Waals surface area contributed by atoms with Gasteiger partial charge in [0.1, 0.15) is 12.4 Å². The Balaban J connectivity index is 2.14. The second kappa shape index (κ2) is 6.98. The van der Waals surface area contributed by atoms with Crippen molar-refractivity contribution < 1.29 is 4.74 Å². The van der Waals surface area contributed by atoms with E-state index in [1.165, 1.54) is 9.75 Å². The first kappa shape index (κ1) is 15.2. The van der Waals surface area contributed by atoms with Gasteiger partial charge in [-0.15, -0.1) is 11.3 Å². The van der Waals surface area contributed by atoms with Gasteiger partial charge in [0.2, 0.25) is 0 Å². The van der Waals surface area contributed by atoms with Crippen molar-refractivity contribution in [3.63, 3.8) is 0 Å². The summed E-state index contributed by atoms with van der Waals surface area (Å²) in [6.07, 6.45) is 1.05. The first-order valence-electron chi connectivity index (χ1n) is 5.88. The Morgan fingerprint density at radius 2 is 1.95 bits per heavy atom. The Bertz CT molecular complexity index is 569. The summed E-state index contributed by atoms with van der Waals surface area (Å²) in [6.45, 7) is 2.68. The number of thiophene rings is 1. The van der Waals surface area contributed by atoms with Gasteiger partial charge in [-0.1, -0.05) is 46.1 Å². The molecule has 2 aromatic rings. The molecule has 2 rings (SSSR count). The summed E-state index contributed by atoms with van der Waals surface area (Å²) < 4.78 is 5.85. The molecule has 0 saturated heterocycles. The molecule has 0 radical (unpaired) electrons. The van der Waals surface area contributed by atoms with Crippen molar-refractivity contribution in [2.75, 3.05) is 0 Å². The molecule has 0 bridgehead atoms. The minimum atomic E-state index is 0.534. The molecule has 0 atom stereocenters. The van der Waals surface area contributed by atoms with E-state index in [2.05, 4.69) is 35.0 Å². The first-order chi connectivity index (χ1) is 9.13. The van der Waals surface area contributed by atoms with Crippen molar-refractivity contribution in [2.24, 2.45) is 0 Å². The maximum Gasteiger partial charge on any atom is 0.142 e. The van der Waals surface area contributed by atoms with Gasteiger partial charge in [0.05, 0.1) is 5.02 Å². The largest absolute Gasteiger partial charge is 0.486 e. The predicted molar refractivity (Wildman–Crippen MR) is 87.1 cm³/mol. The lowest BCUT2D eigenvalue weighted by Crippen LogP contribution is -1.97. The van der Waals surface area contributed by atoms with Crippen molar-refractivity contribution >= 4 is 50.5 Å². The molecular weight excluding hydrogens is 367 g/mol. The van der Waals surface area contributed by atoms with Gasteiger partial charge in [0.15, 0.2) is 0 Å². The third-order valence-electron chi connectivity index (χ3n) is 2.65. The SMILES string of the molecule is CCc1ccc(COc2c(Cl)cc(Cl)cc2CBr)s1. The van der Waals surface area contributed by atoms with Crippen LogP contribution in [-0.2, 0) is 18.4 Å². The van der Waals surface area contributed by atoms with Crippen molar-refractivity contribution in [1.29, 1.82) is 0 Å². The number of hydrogen-bond donors (Lipinski definition) is 0. The fourth-order valence-electron chi connectivity index (χ4n) is 1.71. The number of ether oxygens (including phenoxy) is 1. The van der Waals surface area contributed by atoms with Gasteiger partial charge in [-0.3, -0.25) is 0 Å². The highest BCUT2D eigenvalue weighted by molar-refractivity contribution is 9.08. The number of alkyl halides is 1.